The molecule has 2 N–H and O–H groups in total. The molecule has 0 amide bonds. The Labute approximate surface area is 107 Å². The van der Waals surface area contributed by atoms with Gasteiger partial charge in [0, 0.05) is 5.54 Å². The Kier molecular flexibility index (Phi) is 2.63. The minimum atomic E-state index is 0.0411. The predicted octanol–water partition coefficient (Wildman–Crippen LogP) is 3.97. The maximum atomic E-state index is 6.28. The first kappa shape index (κ1) is 12.0. The summed E-state index contributed by atoms with van der Waals surface area (Å²) < 4.78 is 0. The van der Waals surface area contributed by atoms with Crippen LogP contribution in [0.15, 0.2) is 0 Å². The van der Waals surface area contributed by atoms with Crippen LogP contribution in [-0.2, 0) is 0 Å². The molecule has 4 saturated carbocycles. The van der Waals surface area contributed by atoms with Gasteiger partial charge in [-0.25, -0.2) is 0 Å². The Balaban J connectivity index is 1.79. The molecular formula is C16H29N. The molecule has 1 nitrogen and oxygen atoms in total. The van der Waals surface area contributed by atoms with E-state index in [2.05, 4.69) is 20.8 Å². The van der Waals surface area contributed by atoms with Crippen LogP contribution in [-0.4, -0.2) is 5.54 Å². The summed E-state index contributed by atoms with van der Waals surface area (Å²) in [5.74, 6) is 4.06. The minimum Gasteiger partial charge on any atom is -0.326 e. The van der Waals surface area contributed by atoms with Crippen molar-refractivity contribution >= 4 is 0 Å². The lowest BCUT2D eigenvalue weighted by atomic mass is 9.45. The van der Waals surface area contributed by atoms with Crippen molar-refractivity contribution in [1.29, 1.82) is 0 Å². The molecule has 0 aromatic carbocycles. The van der Waals surface area contributed by atoms with Crippen LogP contribution in [0.3, 0.4) is 0 Å². The molecule has 0 aromatic rings. The second kappa shape index (κ2) is 3.73. The van der Waals surface area contributed by atoms with Gasteiger partial charge >= 0.3 is 0 Å². The van der Waals surface area contributed by atoms with Crippen molar-refractivity contribution in [3.63, 3.8) is 0 Å². The van der Waals surface area contributed by atoms with Gasteiger partial charge in [0.05, 0.1) is 0 Å². The first-order chi connectivity index (χ1) is 7.91. The van der Waals surface area contributed by atoms with Gasteiger partial charge in [0.25, 0.3) is 0 Å². The summed E-state index contributed by atoms with van der Waals surface area (Å²) in [5.41, 5.74) is 7.08. The average molecular weight is 235 g/mol. The van der Waals surface area contributed by atoms with Crippen molar-refractivity contribution in [1.82, 2.24) is 0 Å². The summed E-state index contributed by atoms with van der Waals surface area (Å²) in [5, 5.41) is 0. The van der Waals surface area contributed by atoms with E-state index in [1.807, 2.05) is 0 Å². The molecule has 1 heteroatoms. The lowest BCUT2D eigenvalue weighted by molar-refractivity contribution is -0.103. The summed E-state index contributed by atoms with van der Waals surface area (Å²) in [6.07, 6.45) is 10.3. The van der Waals surface area contributed by atoms with Crippen LogP contribution in [0, 0.1) is 29.1 Å². The van der Waals surface area contributed by atoms with Crippen LogP contribution in [0.5, 0.6) is 0 Å². The maximum Gasteiger partial charge on any atom is 0.00998 e. The van der Waals surface area contributed by atoms with Crippen LogP contribution in [0.4, 0.5) is 0 Å². The fourth-order valence-corrected chi connectivity index (χ4v) is 5.67. The Morgan fingerprint density at radius 1 is 1.12 bits per heavy atom. The standard InChI is InChI=1S/C16H29N/c1-4-16-7-11-5-12(8-16)14(10-15(2,3)17)13(6-11)9-16/h11-14H,4-10,17H2,1-3H3. The van der Waals surface area contributed by atoms with E-state index in [9.17, 15) is 0 Å². The lowest BCUT2D eigenvalue weighted by Gasteiger charge is -2.61. The molecule has 4 bridgehead atoms. The van der Waals surface area contributed by atoms with E-state index in [0.29, 0.717) is 0 Å². The zero-order valence-corrected chi connectivity index (χ0v) is 11.8. The van der Waals surface area contributed by atoms with E-state index < -0.39 is 0 Å². The highest BCUT2D eigenvalue weighted by molar-refractivity contribution is 5.05. The van der Waals surface area contributed by atoms with Crippen molar-refractivity contribution in [3.8, 4) is 0 Å². The van der Waals surface area contributed by atoms with Crippen LogP contribution in [0.1, 0.15) is 65.7 Å². The summed E-state index contributed by atoms with van der Waals surface area (Å²) in [6, 6.07) is 0. The molecule has 2 atom stereocenters. The fourth-order valence-electron chi connectivity index (χ4n) is 5.67. The molecule has 0 radical (unpaired) electrons. The highest BCUT2D eigenvalue weighted by atomic mass is 14.7. The largest absolute Gasteiger partial charge is 0.326 e. The monoisotopic (exact) mass is 235 g/mol. The van der Waals surface area contributed by atoms with E-state index in [4.69, 9.17) is 5.73 Å². The van der Waals surface area contributed by atoms with Gasteiger partial charge in [0.2, 0.25) is 0 Å². The van der Waals surface area contributed by atoms with Crippen molar-refractivity contribution in [2.45, 2.75) is 71.3 Å². The van der Waals surface area contributed by atoms with Gasteiger partial charge in [-0.1, -0.05) is 13.3 Å². The quantitative estimate of drug-likeness (QED) is 0.787. The van der Waals surface area contributed by atoms with Crippen LogP contribution < -0.4 is 5.73 Å². The Morgan fingerprint density at radius 3 is 2.18 bits per heavy atom. The topological polar surface area (TPSA) is 26.0 Å². The molecule has 0 spiro atoms. The maximum absolute atomic E-state index is 6.28. The molecular weight excluding hydrogens is 206 g/mol. The first-order valence-electron chi connectivity index (χ1n) is 7.70. The molecule has 17 heavy (non-hydrogen) atoms. The molecule has 2 unspecified atom stereocenters. The molecule has 4 aliphatic carbocycles. The molecule has 4 rings (SSSR count). The van der Waals surface area contributed by atoms with Crippen molar-refractivity contribution in [2.75, 3.05) is 0 Å². The van der Waals surface area contributed by atoms with Gasteiger partial charge in [0.15, 0.2) is 0 Å². The van der Waals surface area contributed by atoms with E-state index in [1.165, 1.54) is 38.5 Å². The highest BCUT2D eigenvalue weighted by Gasteiger charge is 2.54. The average Bonchev–Trinajstić information content (AvgIpc) is 2.21. The number of nitrogens with two attached hydrogens (primary N) is 1. The van der Waals surface area contributed by atoms with Crippen molar-refractivity contribution in [3.05, 3.63) is 0 Å². The Bertz CT molecular complexity index is 285. The van der Waals surface area contributed by atoms with E-state index in [0.717, 1.165) is 29.1 Å². The van der Waals surface area contributed by atoms with Gasteiger partial charge in [-0.15, -0.1) is 0 Å². The zero-order chi connectivity index (χ0) is 12.3. The van der Waals surface area contributed by atoms with Gasteiger partial charge in [-0.2, -0.15) is 0 Å². The summed E-state index contributed by atoms with van der Waals surface area (Å²) in [6.45, 7) is 6.86. The number of hydrogen-bond acceptors (Lipinski definition) is 1. The molecule has 98 valence electrons. The van der Waals surface area contributed by atoms with Crippen molar-refractivity contribution < 1.29 is 0 Å². The summed E-state index contributed by atoms with van der Waals surface area (Å²) >= 11 is 0. The SMILES string of the molecule is CCC12CC3CC(C1)C(CC(C)(C)N)C(C3)C2. The normalized spacial score (nSPS) is 48.7. The van der Waals surface area contributed by atoms with Crippen molar-refractivity contribution in [2.24, 2.45) is 34.8 Å². The number of hydrogen-bond donors (Lipinski definition) is 1. The molecule has 0 aliphatic heterocycles. The number of rotatable bonds is 3. The molecule has 0 saturated heterocycles. The second-order valence-corrected chi connectivity index (χ2v) is 8.18. The van der Waals surface area contributed by atoms with Crippen LogP contribution in [0.25, 0.3) is 0 Å². The van der Waals surface area contributed by atoms with Crippen LogP contribution in [0.2, 0.25) is 0 Å². The van der Waals surface area contributed by atoms with E-state index in [1.54, 1.807) is 6.42 Å². The van der Waals surface area contributed by atoms with E-state index in [-0.39, 0.29) is 5.54 Å². The fraction of sp³-hybridized carbons (Fsp3) is 1.00. The molecule has 4 fully saturated rings. The van der Waals surface area contributed by atoms with Gasteiger partial charge in [-0.05, 0) is 81.5 Å². The van der Waals surface area contributed by atoms with Gasteiger partial charge in [0.1, 0.15) is 0 Å². The van der Waals surface area contributed by atoms with E-state index >= 15 is 0 Å². The smallest absolute Gasteiger partial charge is 0.00998 e. The Morgan fingerprint density at radius 2 is 1.71 bits per heavy atom. The third kappa shape index (κ3) is 2.05. The summed E-state index contributed by atoms with van der Waals surface area (Å²) in [7, 11) is 0. The van der Waals surface area contributed by atoms with Gasteiger partial charge in [-0.3, -0.25) is 0 Å². The molecule has 4 aliphatic rings. The van der Waals surface area contributed by atoms with Crippen LogP contribution >= 0.6 is 0 Å². The minimum absolute atomic E-state index is 0.0411. The zero-order valence-electron chi connectivity index (χ0n) is 11.8. The third-order valence-corrected chi connectivity index (χ3v) is 6.11. The highest BCUT2D eigenvalue weighted by Crippen LogP contribution is 2.64. The third-order valence-electron chi connectivity index (χ3n) is 6.11. The van der Waals surface area contributed by atoms with Gasteiger partial charge < -0.3 is 5.73 Å². The lowest BCUT2D eigenvalue weighted by Crippen LogP contribution is -2.52. The first-order valence-corrected chi connectivity index (χ1v) is 7.70. The molecule has 0 aromatic heterocycles. The Hall–Kier alpha value is -0.0400. The molecule has 0 heterocycles. The predicted molar refractivity (Wildman–Crippen MR) is 72.7 cm³/mol. The summed E-state index contributed by atoms with van der Waals surface area (Å²) in [4.78, 5) is 0. The second-order valence-electron chi connectivity index (χ2n) is 8.18.